The van der Waals surface area contributed by atoms with E-state index in [4.69, 9.17) is 22.3 Å². The Morgan fingerprint density at radius 3 is 2.41 bits per heavy atom. The summed E-state index contributed by atoms with van der Waals surface area (Å²) in [5, 5.41) is 0.213. The van der Waals surface area contributed by atoms with Crippen LogP contribution in [-0.2, 0) is 6.42 Å². The zero-order chi connectivity index (χ0) is 28.4. The number of nitrogen functional groups attached to an aromatic ring is 1. The van der Waals surface area contributed by atoms with Crippen molar-refractivity contribution in [3.05, 3.63) is 124 Å². The van der Waals surface area contributed by atoms with E-state index in [0.29, 0.717) is 42.0 Å². The number of rotatable bonds is 9. The van der Waals surface area contributed by atoms with Gasteiger partial charge in [-0.15, -0.1) is 0 Å². The van der Waals surface area contributed by atoms with Crippen LogP contribution in [0.4, 0.5) is 14.5 Å². The highest BCUT2D eigenvalue weighted by atomic mass is 35.5. The zero-order valence-corrected chi connectivity index (χ0v) is 23.1. The van der Waals surface area contributed by atoms with E-state index >= 15 is 4.39 Å². The molecule has 0 bridgehead atoms. The van der Waals surface area contributed by atoms with E-state index < -0.39 is 5.83 Å². The van der Waals surface area contributed by atoms with E-state index in [9.17, 15) is 4.39 Å². The first-order valence-electron chi connectivity index (χ1n) is 12.9. The van der Waals surface area contributed by atoms with E-state index in [2.05, 4.69) is 37.0 Å². The number of aromatic nitrogens is 1. The van der Waals surface area contributed by atoms with Gasteiger partial charge in [-0.2, -0.15) is 0 Å². The summed E-state index contributed by atoms with van der Waals surface area (Å²) in [5.41, 5.74) is 22.0. The van der Waals surface area contributed by atoms with Crippen molar-refractivity contribution in [2.75, 3.05) is 12.3 Å². The number of hydrogen-bond donors (Lipinski definition) is 4. The maximum atomic E-state index is 15.2. The first-order chi connectivity index (χ1) is 18.7. The van der Waals surface area contributed by atoms with Crippen LogP contribution < -0.4 is 22.3 Å². The minimum atomic E-state index is -0.435. The summed E-state index contributed by atoms with van der Waals surface area (Å²) in [6.07, 6.45) is 4.59. The van der Waals surface area contributed by atoms with Crippen LogP contribution in [0.5, 0.6) is 0 Å². The van der Waals surface area contributed by atoms with Gasteiger partial charge in [0.1, 0.15) is 11.6 Å². The van der Waals surface area contributed by atoms with Gasteiger partial charge in [-0.1, -0.05) is 74.5 Å². The number of nitrogens with one attached hydrogen (secondary N) is 2. The second-order valence-corrected chi connectivity index (χ2v) is 10.2. The normalized spacial score (nSPS) is 14.1. The summed E-state index contributed by atoms with van der Waals surface area (Å²) >= 11 is 6.20. The van der Waals surface area contributed by atoms with Crippen molar-refractivity contribution in [3.63, 3.8) is 0 Å². The van der Waals surface area contributed by atoms with Gasteiger partial charge in [0.05, 0.1) is 5.03 Å². The lowest BCUT2D eigenvalue weighted by atomic mass is 9.87. The molecule has 206 valence electrons. The lowest BCUT2D eigenvalue weighted by molar-refractivity contribution is 0.496. The Labute approximate surface area is 234 Å². The Hall–Kier alpha value is -3.68. The molecule has 2 aromatic carbocycles. The quantitative estimate of drug-likeness (QED) is 0.171. The minimum absolute atomic E-state index is 0.198. The van der Waals surface area contributed by atoms with Crippen molar-refractivity contribution in [1.82, 2.24) is 15.8 Å². The second kappa shape index (κ2) is 14.5. The number of anilines is 1. The predicted molar refractivity (Wildman–Crippen MR) is 158 cm³/mol. The Kier molecular flexibility index (Phi) is 11.1. The van der Waals surface area contributed by atoms with Crippen molar-refractivity contribution in [1.29, 1.82) is 0 Å². The number of allylic oxidation sites excluding steroid dienone is 4. The summed E-state index contributed by atoms with van der Waals surface area (Å²) < 4.78 is 29.0. The average Bonchev–Trinajstić information content (AvgIpc) is 2.91. The van der Waals surface area contributed by atoms with E-state index in [1.807, 2.05) is 42.5 Å². The van der Waals surface area contributed by atoms with E-state index in [1.54, 1.807) is 12.3 Å². The molecule has 0 aliphatic heterocycles. The molecule has 6 N–H and O–H groups in total. The molecule has 0 amide bonds. The Morgan fingerprint density at radius 1 is 1.08 bits per heavy atom. The third-order valence-corrected chi connectivity index (χ3v) is 6.60. The van der Waals surface area contributed by atoms with Gasteiger partial charge >= 0.3 is 0 Å². The smallest absolute Gasteiger partial charge is 0.147 e. The maximum Gasteiger partial charge on any atom is 0.147 e. The maximum absolute atomic E-state index is 15.2. The predicted octanol–water partition coefficient (Wildman–Crippen LogP) is 6.94. The molecule has 8 heteroatoms. The van der Waals surface area contributed by atoms with Crippen LogP contribution >= 0.6 is 11.6 Å². The van der Waals surface area contributed by atoms with Gasteiger partial charge in [0, 0.05) is 46.9 Å². The fraction of sp³-hybridized carbons (Fsp3) is 0.258. The van der Waals surface area contributed by atoms with Crippen LogP contribution in [0.3, 0.4) is 0 Å². The van der Waals surface area contributed by atoms with Gasteiger partial charge in [0.25, 0.3) is 0 Å². The van der Waals surface area contributed by atoms with Crippen LogP contribution in [0.1, 0.15) is 55.0 Å². The lowest BCUT2D eigenvalue weighted by Crippen LogP contribution is -2.35. The summed E-state index contributed by atoms with van der Waals surface area (Å²) in [6, 6.07) is 18.2. The molecule has 1 aliphatic carbocycles. The molecule has 39 heavy (non-hydrogen) atoms. The SMILES string of the molecule is C=CN.CC(C)CNNC1=C(c2ccc(C(Cc3ccccc3)c3ccc(F)cc3N)nc2)C(F)=C(Cl)CC1. The summed E-state index contributed by atoms with van der Waals surface area (Å²) in [7, 11) is 0. The van der Waals surface area contributed by atoms with Crippen molar-refractivity contribution in [2.24, 2.45) is 11.7 Å². The van der Waals surface area contributed by atoms with Gasteiger partial charge in [-0.25, -0.2) is 14.2 Å². The number of hydrazine groups is 1. The fourth-order valence-corrected chi connectivity index (χ4v) is 4.56. The number of halogens is 3. The largest absolute Gasteiger partial charge is 0.405 e. The highest BCUT2D eigenvalue weighted by Gasteiger charge is 2.24. The molecule has 0 saturated heterocycles. The third kappa shape index (κ3) is 8.15. The van der Waals surface area contributed by atoms with E-state index in [1.165, 1.54) is 18.3 Å². The van der Waals surface area contributed by atoms with Crippen molar-refractivity contribution >= 4 is 22.9 Å². The lowest BCUT2D eigenvalue weighted by Gasteiger charge is -2.23. The molecule has 0 fully saturated rings. The fourth-order valence-electron chi connectivity index (χ4n) is 4.37. The highest BCUT2D eigenvalue weighted by Crippen LogP contribution is 2.39. The van der Waals surface area contributed by atoms with Crippen LogP contribution in [-0.4, -0.2) is 11.5 Å². The Bertz CT molecular complexity index is 1300. The van der Waals surface area contributed by atoms with Crippen LogP contribution in [0, 0.1) is 11.7 Å². The summed E-state index contributed by atoms with van der Waals surface area (Å²) in [6.45, 7) is 8.09. The van der Waals surface area contributed by atoms with Crippen molar-refractivity contribution < 1.29 is 8.78 Å². The minimum Gasteiger partial charge on any atom is -0.405 e. The van der Waals surface area contributed by atoms with Crippen molar-refractivity contribution in [3.8, 4) is 0 Å². The monoisotopic (exact) mass is 551 g/mol. The van der Waals surface area contributed by atoms with Crippen LogP contribution in [0.25, 0.3) is 5.57 Å². The average molecular weight is 552 g/mol. The van der Waals surface area contributed by atoms with Gasteiger partial charge < -0.3 is 16.9 Å². The number of nitrogens with two attached hydrogens (primary N) is 2. The Balaban J connectivity index is 0.00000134. The first-order valence-corrected chi connectivity index (χ1v) is 13.3. The molecule has 0 spiro atoms. The number of benzene rings is 2. The molecule has 3 aromatic rings. The Morgan fingerprint density at radius 2 is 1.79 bits per heavy atom. The molecule has 0 radical (unpaired) electrons. The van der Waals surface area contributed by atoms with Gasteiger partial charge in [0.15, 0.2) is 0 Å². The summed E-state index contributed by atoms with van der Waals surface area (Å²) in [5.74, 6) is -0.574. The second-order valence-electron chi connectivity index (χ2n) is 9.70. The standard InChI is InChI=1S/C29H31ClF2N4.C2H5N/c1-18(2)16-35-36-27-13-11-24(30)29(32)28(27)20-8-12-26(34-17-20)23(14-19-6-4-3-5-7-19)22-10-9-21(31)15-25(22)33;1-2-3/h3-10,12,15,17-18,23,35-36H,11,13-14,16,33H2,1-2H3;2H,1,3H2. The van der Waals surface area contributed by atoms with Crippen LogP contribution in [0.15, 0.2) is 96.2 Å². The van der Waals surface area contributed by atoms with Crippen molar-refractivity contribution in [2.45, 2.75) is 39.0 Å². The molecule has 4 rings (SSSR count). The molecule has 5 nitrogen and oxygen atoms in total. The molecule has 1 aliphatic rings. The van der Waals surface area contributed by atoms with Crippen LogP contribution in [0.2, 0.25) is 0 Å². The molecule has 1 aromatic heterocycles. The summed E-state index contributed by atoms with van der Waals surface area (Å²) in [4.78, 5) is 4.73. The van der Waals surface area contributed by atoms with Gasteiger partial charge in [-0.3, -0.25) is 4.98 Å². The highest BCUT2D eigenvalue weighted by molar-refractivity contribution is 6.30. The first kappa shape index (κ1) is 29.9. The van der Waals surface area contributed by atoms with Gasteiger partial charge in [-0.05, 0) is 60.7 Å². The van der Waals surface area contributed by atoms with E-state index in [-0.39, 0.29) is 16.8 Å². The molecule has 1 heterocycles. The molecule has 0 saturated carbocycles. The number of pyridine rings is 1. The zero-order valence-electron chi connectivity index (χ0n) is 22.4. The molecule has 1 atom stereocenters. The molecular weight excluding hydrogens is 516 g/mol. The van der Waals surface area contributed by atoms with E-state index in [0.717, 1.165) is 29.1 Å². The molecule has 1 unspecified atom stereocenters. The third-order valence-electron chi connectivity index (χ3n) is 6.24. The molecular formula is C31H36ClF2N5. The number of nitrogens with zero attached hydrogens (tertiary/aromatic N) is 1. The number of hydrogen-bond acceptors (Lipinski definition) is 5. The van der Waals surface area contributed by atoms with Gasteiger partial charge in [0.2, 0.25) is 0 Å². The topological polar surface area (TPSA) is 89.0 Å².